The quantitative estimate of drug-likeness (QED) is 0.280. The Morgan fingerprint density at radius 3 is 2.33 bits per heavy atom. The van der Waals surface area contributed by atoms with E-state index in [1.54, 1.807) is 24.3 Å². The molecule has 0 fully saturated rings. The number of aromatic nitrogens is 1. The van der Waals surface area contributed by atoms with Crippen LogP contribution in [0.3, 0.4) is 0 Å². The Kier molecular flexibility index (Phi) is 6.47. The molecule has 0 aliphatic rings. The Balaban J connectivity index is 1.79. The maximum atomic E-state index is 13.4. The van der Waals surface area contributed by atoms with E-state index in [1.165, 1.54) is 0 Å². The lowest BCUT2D eigenvalue weighted by molar-refractivity contribution is 0.0941. The number of hydrogen-bond acceptors (Lipinski definition) is 3. The fraction of sp³-hybridized carbons (Fsp3) is 0.111. The van der Waals surface area contributed by atoms with Crippen LogP contribution in [0.25, 0.3) is 11.1 Å². The summed E-state index contributed by atoms with van der Waals surface area (Å²) in [5.41, 5.74) is 10.7. The van der Waals surface area contributed by atoms with Crippen LogP contribution < -0.4 is 11.1 Å². The second kappa shape index (κ2) is 9.46. The predicted molar refractivity (Wildman–Crippen MR) is 135 cm³/mol. The molecule has 5 nitrogen and oxygen atoms in total. The van der Waals surface area contributed by atoms with Crippen molar-refractivity contribution in [2.75, 3.05) is 5.73 Å². The highest BCUT2D eigenvalue weighted by molar-refractivity contribution is 9.10. The number of nitrogen functional groups attached to an aromatic ring is 1. The number of carbonyl (C=O) groups is 2. The molecule has 3 aromatic carbocycles. The van der Waals surface area contributed by atoms with E-state index < -0.39 is 0 Å². The fourth-order valence-electron chi connectivity index (χ4n) is 3.80. The second-order valence-corrected chi connectivity index (χ2v) is 8.89. The number of anilines is 1. The summed E-state index contributed by atoms with van der Waals surface area (Å²) in [5, 5.41) is 3.03. The Hall–Kier alpha value is -3.64. The van der Waals surface area contributed by atoms with Gasteiger partial charge in [0, 0.05) is 15.6 Å². The second-order valence-electron chi connectivity index (χ2n) is 7.98. The van der Waals surface area contributed by atoms with Crippen LogP contribution >= 0.6 is 15.9 Å². The summed E-state index contributed by atoms with van der Waals surface area (Å²) >= 11 is 3.48. The zero-order chi connectivity index (χ0) is 23.5. The number of nitrogens with two attached hydrogens (primary N) is 1. The van der Waals surface area contributed by atoms with Crippen LogP contribution in [0.1, 0.15) is 50.5 Å². The van der Waals surface area contributed by atoms with E-state index in [-0.39, 0.29) is 34.8 Å². The number of carbonyl (C=O) groups excluding carboxylic acids is 2. The van der Waals surface area contributed by atoms with Gasteiger partial charge in [0.1, 0.15) is 5.82 Å². The summed E-state index contributed by atoms with van der Waals surface area (Å²) < 4.78 is 0.831. The molecule has 0 bridgehead atoms. The Bertz CT molecular complexity index is 1310. The molecule has 1 amide bonds. The van der Waals surface area contributed by atoms with E-state index in [9.17, 15) is 9.59 Å². The first-order valence-corrected chi connectivity index (χ1v) is 11.4. The molecule has 0 saturated heterocycles. The van der Waals surface area contributed by atoms with Gasteiger partial charge >= 0.3 is 0 Å². The fourth-order valence-corrected chi connectivity index (χ4v) is 4.20. The van der Waals surface area contributed by atoms with Gasteiger partial charge in [-0.1, -0.05) is 88.2 Å². The third-order valence-corrected chi connectivity index (χ3v) is 6.05. The highest BCUT2D eigenvalue weighted by Gasteiger charge is 2.28. The molecule has 1 aromatic heterocycles. The van der Waals surface area contributed by atoms with Crippen molar-refractivity contribution in [2.24, 2.45) is 0 Å². The van der Waals surface area contributed by atoms with E-state index in [1.807, 2.05) is 68.4 Å². The molecular weight excluding hydrogens is 478 g/mol. The van der Waals surface area contributed by atoms with Gasteiger partial charge in [0.05, 0.1) is 17.3 Å². The molecule has 0 radical (unpaired) electrons. The number of amides is 1. The number of H-pyrrole nitrogens is 1. The first kappa shape index (κ1) is 22.6. The number of hydrogen-bond donors (Lipinski definition) is 3. The summed E-state index contributed by atoms with van der Waals surface area (Å²) in [7, 11) is 0. The topological polar surface area (TPSA) is 88.0 Å². The first-order valence-electron chi connectivity index (χ1n) is 10.6. The van der Waals surface area contributed by atoms with E-state index in [4.69, 9.17) is 5.73 Å². The third kappa shape index (κ3) is 4.76. The number of nitrogens with one attached hydrogen (secondary N) is 2. The maximum absolute atomic E-state index is 13.4. The van der Waals surface area contributed by atoms with Crippen LogP contribution in [0.2, 0.25) is 0 Å². The standard InChI is InChI=1S/C27H24BrN3O2/c1-16-11-13-18(14-12-16)17(2)30-27(33)23-22(20-9-6-10-21(28)15-20)24(31-26(23)29)25(32)19-7-4-3-5-8-19/h3-15,17,31H,29H2,1-2H3,(H,30,33). The summed E-state index contributed by atoms with van der Waals surface area (Å²) in [6, 6.07) is 24.1. The van der Waals surface area contributed by atoms with E-state index in [0.717, 1.165) is 15.6 Å². The number of aryl methyl sites for hydroxylation is 1. The average Bonchev–Trinajstić information content (AvgIpc) is 3.16. The van der Waals surface area contributed by atoms with Crippen LogP contribution in [-0.2, 0) is 0 Å². The zero-order valence-electron chi connectivity index (χ0n) is 18.4. The van der Waals surface area contributed by atoms with Crippen molar-refractivity contribution in [2.45, 2.75) is 19.9 Å². The number of benzene rings is 3. The Morgan fingerprint density at radius 2 is 1.67 bits per heavy atom. The lowest BCUT2D eigenvalue weighted by atomic mass is 9.96. The molecule has 1 unspecified atom stereocenters. The van der Waals surface area contributed by atoms with Crippen LogP contribution in [-0.4, -0.2) is 16.7 Å². The number of ketones is 1. The molecule has 6 heteroatoms. The van der Waals surface area contributed by atoms with Gasteiger partial charge < -0.3 is 16.0 Å². The molecule has 0 aliphatic carbocycles. The minimum Gasteiger partial charge on any atom is -0.385 e. The Morgan fingerprint density at radius 1 is 0.970 bits per heavy atom. The van der Waals surface area contributed by atoms with Crippen molar-refractivity contribution in [3.8, 4) is 11.1 Å². The van der Waals surface area contributed by atoms with Gasteiger partial charge in [-0.05, 0) is 37.1 Å². The van der Waals surface area contributed by atoms with Crippen LogP contribution in [0.4, 0.5) is 5.82 Å². The van der Waals surface area contributed by atoms with Crippen molar-refractivity contribution >= 4 is 33.4 Å². The van der Waals surface area contributed by atoms with Gasteiger partial charge in [-0.2, -0.15) is 0 Å². The van der Waals surface area contributed by atoms with Crippen molar-refractivity contribution in [1.82, 2.24) is 10.3 Å². The monoisotopic (exact) mass is 501 g/mol. The molecule has 4 aromatic rings. The number of halogens is 1. The minimum atomic E-state index is -0.348. The molecule has 4 rings (SSSR count). The van der Waals surface area contributed by atoms with E-state index in [2.05, 4.69) is 26.2 Å². The highest BCUT2D eigenvalue weighted by atomic mass is 79.9. The van der Waals surface area contributed by atoms with Crippen LogP contribution in [0, 0.1) is 6.92 Å². The van der Waals surface area contributed by atoms with E-state index >= 15 is 0 Å². The largest absolute Gasteiger partial charge is 0.385 e. The lowest BCUT2D eigenvalue weighted by Crippen LogP contribution is -2.27. The molecule has 0 aliphatic heterocycles. The normalized spacial score (nSPS) is 11.7. The molecule has 166 valence electrons. The molecule has 0 saturated carbocycles. The summed E-state index contributed by atoms with van der Waals surface area (Å²) in [6.45, 7) is 3.93. The molecular formula is C27H24BrN3O2. The van der Waals surface area contributed by atoms with Crippen LogP contribution in [0.15, 0.2) is 83.3 Å². The SMILES string of the molecule is Cc1ccc(C(C)NC(=O)c2c(N)[nH]c(C(=O)c3ccccc3)c2-c2cccc(Br)c2)cc1. The summed E-state index contributed by atoms with van der Waals surface area (Å²) in [6.07, 6.45) is 0. The highest BCUT2D eigenvalue weighted by Crippen LogP contribution is 2.35. The smallest absolute Gasteiger partial charge is 0.256 e. The first-order chi connectivity index (χ1) is 15.8. The molecule has 0 spiro atoms. The summed E-state index contributed by atoms with van der Waals surface area (Å²) in [4.78, 5) is 29.8. The Labute approximate surface area is 201 Å². The number of aromatic amines is 1. The van der Waals surface area contributed by atoms with Gasteiger partial charge in [0.25, 0.3) is 5.91 Å². The predicted octanol–water partition coefficient (Wildman–Crippen LogP) is 6.06. The van der Waals surface area contributed by atoms with Crippen molar-refractivity contribution < 1.29 is 9.59 Å². The molecule has 4 N–H and O–H groups in total. The van der Waals surface area contributed by atoms with Gasteiger partial charge in [-0.15, -0.1) is 0 Å². The van der Waals surface area contributed by atoms with E-state index in [0.29, 0.717) is 16.7 Å². The minimum absolute atomic E-state index is 0.151. The van der Waals surface area contributed by atoms with Crippen molar-refractivity contribution in [3.05, 3.63) is 111 Å². The molecule has 1 heterocycles. The molecule has 1 atom stereocenters. The van der Waals surface area contributed by atoms with Gasteiger partial charge in [-0.3, -0.25) is 9.59 Å². The van der Waals surface area contributed by atoms with Crippen molar-refractivity contribution in [1.29, 1.82) is 0 Å². The summed E-state index contributed by atoms with van der Waals surface area (Å²) in [5.74, 6) is -0.431. The average molecular weight is 502 g/mol. The zero-order valence-corrected chi connectivity index (χ0v) is 19.9. The third-order valence-electron chi connectivity index (χ3n) is 5.56. The van der Waals surface area contributed by atoms with Crippen molar-refractivity contribution in [3.63, 3.8) is 0 Å². The van der Waals surface area contributed by atoms with Gasteiger partial charge in [0.2, 0.25) is 5.78 Å². The van der Waals surface area contributed by atoms with Gasteiger partial charge in [0.15, 0.2) is 0 Å². The maximum Gasteiger partial charge on any atom is 0.256 e. The number of rotatable bonds is 6. The van der Waals surface area contributed by atoms with Gasteiger partial charge in [-0.25, -0.2) is 0 Å². The van der Waals surface area contributed by atoms with Crippen LogP contribution in [0.5, 0.6) is 0 Å². The molecule has 33 heavy (non-hydrogen) atoms. The lowest BCUT2D eigenvalue weighted by Gasteiger charge is -2.16.